The summed E-state index contributed by atoms with van der Waals surface area (Å²) in [6.45, 7) is 0.0296. The van der Waals surface area contributed by atoms with Crippen LogP contribution in [0.15, 0.2) is 220 Å². The number of hydrogen-bond acceptors (Lipinski definition) is 5. The molecule has 9 aromatic rings. The highest BCUT2D eigenvalue weighted by Crippen LogP contribution is 2.46. The Balaban J connectivity index is 0.996. The van der Waals surface area contributed by atoms with Crippen molar-refractivity contribution < 1.29 is 9.47 Å². The van der Waals surface area contributed by atoms with Crippen LogP contribution in [0.1, 0.15) is 0 Å². The van der Waals surface area contributed by atoms with Crippen LogP contribution in [-0.4, -0.2) is 13.4 Å². The molecule has 4 heterocycles. The van der Waals surface area contributed by atoms with E-state index in [2.05, 4.69) is 205 Å². The maximum absolute atomic E-state index is 7.17. The van der Waals surface area contributed by atoms with E-state index in [9.17, 15) is 0 Å². The molecule has 0 spiro atoms. The Morgan fingerprint density at radius 1 is 0.328 bits per heavy atom. The average Bonchev–Trinajstić information content (AvgIpc) is 3.31. The van der Waals surface area contributed by atoms with E-state index in [1.165, 1.54) is 63.7 Å². The summed E-state index contributed by atoms with van der Waals surface area (Å²) in [6, 6.07) is 72.1. The van der Waals surface area contributed by atoms with Gasteiger partial charge in [0.05, 0.1) is 5.69 Å². The predicted molar refractivity (Wildman–Crippen MR) is 255 cm³/mol. The minimum atomic E-state index is -0.0594. The molecule has 0 fully saturated rings. The molecule has 0 bridgehead atoms. The van der Waals surface area contributed by atoms with E-state index in [-0.39, 0.29) is 13.4 Å². The summed E-state index contributed by atoms with van der Waals surface area (Å²) in [5, 5.41) is 0. The second-order valence-corrected chi connectivity index (χ2v) is 18.1. The predicted octanol–water partition coefficient (Wildman–Crippen LogP) is 10.7. The number of benzene rings is 9. The van der Waals surface area contributed by atoms with E-state index in [4.69, 9.17) is 9.47 Å². The Bertz CT molecular complexity index is 3190. The topological polar surface area (TPSA) is 21.7 Å². The summed E-state index contributed by atoms with van der Waals surface area (Å²) in [5.41, 5.74) is 15.5. The molecule has 9 aromatic carbocycles. The molecular formula is C54H33B2NO2S2. The van der Waals surface area contributed by atoms with Gasteiger partial charge in [-0.1, -0.05) is 168 Å². The molecule has 0 amide bonds. The van der Waals surface area contributed by atoms with Crippen LogP contribution in [0.4, 0.5) is 17.1 Å². The molecule has 0 saturated carbocycles. The minimum Gasteiger partial charge on any atom is -0.458 e. The van der Waals surface area contributed by atoms with Gasteiger partial charge in [-0.25, -0.2) is 0 Å². The van der Waals surface area contributed by atoms with Crippen molar-refractivity contribution in [1.82, 2.24) is 0 Å². The zero-order valence-electron chi connectivity index (χ0n) is 32.8. The van der Waals surface area contributed by atoms with Gasteiger partial charge in [0.25, 0.3) is 6.71 Å². The molecule has 13 rings (SSSR count). The highest BCUT2D eigenvalue weighted by molar-refractivity contribution is 8.01. The summed E-state index contributed by atoms with van der Waals surface area (Å²) in [6.07, 6.45) is 0. The van der Waals surface area contributed by atoms with Crippen LogP contribution in [0, 0.1) is 0 Å². The van der Waals surface area contributed by atoms with Crippen LogP contribution in [0.25, 0.3) is 22.3 Å². The zero-order chi connectivity index (χ0) is 40.0. The molecule has 3 nitrogen and oxygen atoms in total. The molecule has 0 N–H and O–H groups in total. The van der Waals surface area contributed by atoms with Crippen LogP contribution in [0.5, 0.6) is 23.0 Å². The van der Waals surface area contributed by atoms with E-state index >= 15 is 0 Å². The first-order valence-electron chi connectivity index (χ1n) is 20.7. The van der Waals surface area contributed by atoms with Crippen molar-refractivity contribution in [1.29, 1.82) is 0 Å². The number of rotatable bonds is 5. The monoisotopic (exact) mass is 813 g/mol. The normalized spacial score (nSPS) is 13.3. The fraction of sp³-hybridized carbons (Fsp3) is 0. The van der Waals surface area contributed by atoms with Gasteiger partial charge in [0.15, 0.2) is 0 Å². The van der Waals surface area contributed by atoms with E-state index in [1.54, 1.807) is 0 Å². The Morgan fingerprint density at radius 2 is 0.869 bits per heavy atom. The fourth-order valence-electron chi connectivity index (χ4n) is 9.86. The second-order valence-electron chi connectivity index (χ2n) is 15.9. The molecule has 0 aliphatic carbocycles. The van der Waals surface area contributed by atoms with E-state index in [0.717, 1.165) is 51.0 Å². The third kappa shape index (κ3) is 5.57. The average molecular weight is 814 g/mol. The van der Waals surface area contributed by atoms with Crippen LogP contribution in [0.2, 0.25) is 0 Å². The second kappa shape index (κ2) is 13.9. The minimum absolute atomic E-state index is 0.0594. The van der Waals surface area contributed by atoms with Crippen molar-refractivity contribution in [2.75, 3.05) is 4.90 Å². The van der Waals surface area contributed by atoms with Crippen LogP contribution < -0.4 is 47.2 Å². The van der Waals surface area contributed by atoms with E-state index in [1.807, 2.05) is 23.5 Å². The van der Waals surface area contributed by atoms with Crippen LogP contribution >= 0.6 is 23.5 Å². The molecule has 4 aliphatic heterocycles. The van der Waals surface area contributed by atoms with Crippen molar-refractivity contribution in [3.05, 3.63) is 200 Å². The van der Waals surface area contributed by atoms with E-state index in [0.29, 0.717) is 0 Å². The Kier molecular flexibility index (Phi) is 7.97. The molecule has 0 unspecified atom stereocenters. The molecule has 4 aliphatic rings. The van der Waals surface area contributed by atoms with Crippen molar-refractivity contribution in [3.63, 3.8) is 0 Å². The van der Waals surface area contributed by atoms with Gasteiger partial charge in [-0.3, -0.25) is 0 Å². The van der Waals surface area contributed by atoms with Crippen molar-refractivity contribution >= 4 is 86.8 Å². The fourth-order valence-corrected chi connectivity index (χ4v) is 12.4. The Morgan fingerprint density at radius 3 is 1.57 bits per heavy atom. The van der Waals surface area contributed by atoms with Crippen molar-refractivity contribution in [3.8, 4) is 45.3 Å². The van der Waals surface area contributed by atoms with Crippen LogP contribution in [0.3, 0.4) is 0 Å². The molecule has 7 heteroatoms. The maximum atomic E-state index is 7.17. The molecule has 61 heavy (non-hydrogen) atoms. The first-order valence-corrected chi connectivity index (χ1v) is 22.3. The van der Waals surface area contributed by atoms with Gasteiger partial charge in [0.1, 0.15) is 23.0 Å². The lowest BCUT2D eigenvalue weighted by Gasteiger charge is -2.37. The van der Waals surface area contributed by atoms with Crippen molar-refractivity contribution in [2.45, 2.75) is 19.6 Å². The Hall–Kier alpha value is -6.79. The molecule has 0 aromatic heterocycles. The van der Waals surface area contributed by atoms with Gasteiger partial charge in [0, 0.05) is 48.6 Å². The number of hydrogen-bond donors (Lipinski definition) is 0. The van der Waals surface area contributed by atoms with Crippen molar-refractivity contribution in [2.24, 2.45) is 0 Å². The number of nitrogens with zero attached hydrogens (tertiary/aromatic N) is 1. The lowest BCUT2D eigenvalue weighted by molar-refractivity contribution is 0.464. The number of para-hydroxylation sites is 3. The highest BCUT2D eigenvalue weighted by atomic mass is 32.2. The molecular weight excluding hydrogens is 780 g/mol. The SMILES string of the molecule is c1ccc(-c2ccccc2-c2cc3c4c(c2)Sc2cc5c(cc2B4c2ccccc2S3)B2c3ccccc3Oc3cc(N(c4ccccc4)c4ccccc4)cc(c32)O5)cc1. The quantitative estimate of drug-likeness (QED) is 0.161. The van der Waals surface area contributed by atoms with Gasteiger partial charge >= 0.3 is 0 Å². The lowest BCUT2D eigenvalue weighted by atomic mass is 9.32. The molecule has 0 atom stereocenters. The third-order valence-electron chi connectivity index (χ3n) is 12.5. The standard InChI is InChI=1S/C54H33B2NO2S2/c1-4-16-34(17-5-1)39-22-10-11-23-40(39)35-28-51-54-52(29-35)61-50-33-46-43(32-44(50)56(54)42-25-13-15-27-49(42)60-51)55-41-24-12-14-26-45(41)58-47-30-38(31-48(59-46)53(47)55)57(36-18-6-2-7-19-36)37-20-8-3-9-21-37/h1-33H. The number of ether oxygens (including phenoxy) is 2. The summed E-state index contributed by atoms with van der Waals surface area (Å²) >= 11 is 3.78. The summed E-state index contributed by atoms with van der Waals surface area (Å²) in [4.78, 5) is 7.44. The first kappa shape index (κ1) is 35.0. The van der Waals surface area contributed by atoms with Gasteiger partial charge in [-0.05, 0) is 93.2 Å². The maximum Gasteiger partial charge on any atom is 0.260 e. The summed E-state index contributed by atoms with van der Waals surface area (Å²) < 4.78 is 14.0. The summed E-state index contributed by atoms with van der Waals surface area (Å²) in [7, 11) is 0. The molecule has 0 saturated heterocycles. The zero-order valence-corrected chi connectivity index (χ0v) is 34.4. The first-order chi connectivity index (χ1) is 30.2. The summed E-state index contributed by atoms with van der Waals surface area (Å²) in [5.74, 6) is 3.41. The van der Waals surface area contributed by atoms with Gasteiger partial charge in [-0.2, -0.15) is 0 Å². The third-order valence-corrected chi connectivity index (χ3v) is 14.8. The van der Waals surface area contributed by atoms with Gasteiger partial charge in [0.2, 0.25) is 6.71 Å². The van der Waals surface area contributed by atoms with Gasteiger partial charge in [-0.15, -0.1) is 0 Å². The van der Waals surface area contributed by atoms with Crippen LogP contribution in [-0.2, 0) is 0 Å². The molecule has 284 valence electrons. The Labute approximate surface area is 364 Å². The largest absolute Gasteiger partial charge is 0.458 e. The smallest absolute Gasteiger partial charge is 0.260 e. The highest BCUT2D eigenvalue weighted by Gasteiger charge is 2.44. The van der Waals surface area contributed by atoms with Gasteiger partial charge < -0.3 is 14.4 Å². The number of fused-ring (bicyclic) bond motifs is 8. The number of anilines is 3. The lowest BCUT2D eigenvalue weighted by Crippen LogP contribution is -2.62. The van der Waals surface area contributed by atoms with E-state index < -0.39 is 0 Å². The molecule has 0 radical (unpaired) electrons.